The summed E-state index contributed by atoms with van der Waals surface area (Å²) < 4.78 is 48.1. The van der Waals surface area contributed by atoms with Gasteiger partial charge < -0.3 is 9.45 Å². The summed E-state index contributed by atoms with van der Waals surface area (Å²) in [5.74, 6) is 0. The number of anilines is 1. The second kappa shape index (κ2) is 8.01. The van der Waals surface area contributed by atoms with Gasteiger partial charge in [0.2, 0.25) is 10.0 Å². The number of hydrogen-bond donors (Lipinski definition) is 3. The van der Waals surface area contributed by atoms with Gasteiger partial charge in [0.15, 0.2) is 0 Å². The summed E-state index contributed by atoms with van der Waals surface area (Å²) in [6, 6.07) is 10.6. The molecule has 0 amide bonds. The van der Waals surface area contributed by atoms with Crippen molar-refractivity contribution in [2.45, 2.75) is 4.90 Å². The van der Waals surface area contributed by atoms with Crippen LogP contribution in [0.25, 0.3) is 10.8 Å². The molecule has 3 N–H and O–H groups in total. The number of rotatable bonds is 8. The summed E-state index contributed by atoms with van der Waals surface area (Å²) in [6.07, 6.45) is 0. The largest absolute Gasteiger partial charge is 0.759 e. The van der Waals surface area contributed by atoms with Crippen molar-refractivity contribution in [2.75, 3.05) is 32.1 Å². The molecule has 0 radical (unpaired) electrons. The third-order valence-corrected chi connectivity index (χ3v) is 5.16. The van der Waals surface area contributed by atoms with Crippen molar-refractivity contribution in [3.05, 3.63) is 36.4 Å². The predicted molar refractivity (Wildman–Crippen MR) is 93.5 cm³/mol. The number of benzene rings is 2. The molecule has 1 atom stereocenters. The lowest BCUT2D eigenvalue weighted by Crippen LogP contribution is -2.39. The molecule has 0 saturated heterocycles. The summed E-state index contributed by atoms with van der Waals surface area (Å²) in [5, 5.41) is 1.47. The Bertz CT molecular complexity index is 840. The third-order valence-electron chi connectivity index (χ3n) is 3.33. The van der Waals surface area contributed by atoms with E-state index in [0.29, 0.717) is 5.39 Å². The van der Waals surface area contributed by atoms with Crippen LogP contribution in [0.1, 0.15) is 0 Å². The molecule has 0 saturated carbocycles. The van der Waals surface area contributed by atoms with Crippen LogP contribution in [0.4, 0.5) is 5.69 Å². The summed E-state index contributed by atoms with van der Waals surface area (Å²) in [6.45, 7) is 0.150. The maximum atomic E-state index is 12.5. The van der Waals surface area contributed by atoms with Gasteiger partial charge in [0.05, 0.1) is 4.90 Å². The lowest BCUT2D eigenvalue weighted by atomic mass is 10.1. The van der Waals surface area contributed by atoms with E-state index in [1.807, 2.05) is 42.0 Å². The first kappa shape index (κ1) is 18.8. The molecule has 1 unspecified atom stereocenters. The molecule has 10 heteroatoms. The van der Waals surface area contributed by atoms with Crippen LogP contribution in [0.15, 0.2) is 41.3 Å². The van der Waals surface area contributed by atoms with Gasteiger partial charge in [-0.05, 0) is 12.1 Å². The Labute approximate surface area is 143 Å². The van der Waals surface area contributed by atoms with Crippen molar-refractivity contribution in [1.82, 2.24) is 15.0 Å². The van der Waals surface area contributed by atoms with Crippen molar-refractivity contribution in [3.8, 4) is 0 Å². The first-order chi connectivity index (χ1) is 11.3. The second-order valence-electron chi connectivity index (χ2n) is 5.18. The van der Waals surface area contributed by atoms with Gasteiger partial charge in [0, 0.05) is 54.9 Å². The van der Waals surface area contributed by atoms with E-state index >= 15 is 0 Å². The number of hydrogen-bond acceptors (Lipinski definition) is 6. The summed E-state index contributed by atoms with van der Waals surface area (Å²) in [5.41, 5.74) is 3.30. The van der Waals surface area contributed by atoms with Gasteiger partial charge in [0.25, 0.3) is 0 Å². The molecule has 2 rings (SSSR count). The highest BCUT2D eigenvalue weighted by atomic mass is 32.2. The second-order valence-corrected chi connectivity index (χ2v) is 7.59. The fourth-order valence-corrected chi connectivity index (χ4v) is 3.80. The van der Waals surface area contributed by atoms with Crippen LogP contribution in [-0.4, -0.2) is 44.4 Å². The molecule has 0 fully saturated rings. The van der Waals surface area contributed by atoms with E-state index in [1.165, 1.54) is 0 Å². The van der Waals surface area contributed by atoms with Crippen molar-refractivity contribution < 1.29 is 17.2 Å². The topological polar surface area (TPSA) is 114 Å². The zero-order valence-electron chi connectivity index (χ0n) is 13.3. The lowest BCUT2D eigenvalue weighted by Gasteiger charge is -2.17. The molecule has 132 valence electrons. The fraction of sp³-hybridized carbons (Fsp3) is 0.286. The molecule has 0 bridgehead atoms. The maximum absolute atomic E-state index is 12.5. The molecule has 0 spiro atoms. The summed E-state index contributed by atoms with van der Waals surface area (Å²) in [7, 11) is 0.0710. The minimum Gasteiger partial charge on any atom is -0.759 e. The molecule has 0 aliphatic rings. The summed E-state index contributed by atoms with van der Waals surface area (Å²) >= 11 is -2.44. The van der Waals surface area contributed by atoms with E-state index in [4.69, 9.17) is 0 Å². The standard InChI is InChI=1S/C14H20N4O4S2/c1-18(2)13-7-3-6-12-11(13)5-4-8-14(12)24(21,22)16-10-9-15-17-23(19)20/h3-8,15-17H,9-10H2,1-2H3,(H,19,20)/p-1. The van der Waals surface area contributed by atoms with Crippen molar-refractivity contribution >= 4 is 37.7 Å². The molecule has 8 nitrogen and oxygen atoms in total. The van der Waals surface area contributed by atoms with E-state index in [1.54, 1.807) is 18.2 Å². The number of nitrogens with one attached hydrogen (secondary N) is 3. The van der Waals surface area contributed by atoms with E-state index in [2.05, 4.69) is 10.1 Å². The third kappa shape index (κ3) is 4.50. The number of fused-ring (bicyclic) bond motifs is 1. The molecule has 2 aromatic rings. The van der Waals surface area contributed by atoms with E-state index in [0.717, 1.165) is 11.1 Å². The van der Waals surface area contributed by atoms with Gasteiger partial charge in [-0.25, -0.2) is 18.6 Å². The number of sulfonamides is 1. The Morgan fingerprint density at radius 2 is 1.75 bits per heavy atom. The average molecular weight is 371 g/mol. The fourth-order valence-electron chi connectivity index (χ4n) is 2.32. The van der Waals surface area contributed by atoms with Gasteiger partial charge in [-0.3, -0.25) is 4.21 Å². The summed E-state index contributed by atoms with van der Waals surface area (Å²) in [4.78, 5) is 4.05. The van der Waals surface area contributed by atoms with Gasteiger partial charge in [-0.1, -0.05) is 24.3 Å². The Morgan fingerprint density at radius 3 is 2.42 bits per heavy atom. The van der Waals surface area contributed by atoms with E-state index in [-0.39, 0.29) is 18.0 Å². The van der Waals surface area contributed by atoms with Crippen LogP contribution in [0.2, 0.25) is 0 Å². The molecule has 0 aliphatic heterocycles. The molecule has 0 aliphatic carbocycles. The minimum atomic E-state index is -3.72. The Kier molecular flexibility index (Phi) is 6.27. The zero-order valence-corrected chi connectivity index (χ0v) is 14.9. The molecule has 0 heterocycles. The van der Waals surface area contributed by atoms with Crippen LogP contribution in [0.3, 0.4) is 0 Å². The highest BCUT2D eigenvalue weighted by molar-refractivity contribution is 7.89. The molecule has 2 aromatic carbocycles. The number of hydrazine groups is 1. The first-order valence-electron chi connectivity index (χ1n) is 7.09. The van der Waals surface area contributed by atoms with Crippen LogP contribution in [-0.2, 0) is 21.3 Å². The van der Waals surface area contributed by atoms with E-state index < -0.39 is 21.3 Å². The Hall–Kier alpha value is -1.56. The zero-order chi connectivity index (χ0) is 17.7. The van der Waals surface area contributed by atoms with Gasteiger partial charge >= 0.3 is 0 Å². The van der Waals surface area contributed by atoms with Crippen LogP contribution in [0.5, 0.6) is 0 Å². The predicted octanol–water partition coefficient (Wildman–Crippen LogP) is 0.0724. The number of nitrogens with zero attached hydrogens (tertiary/aromatic N) is 1. The average Bonchev–Trinajstić information content (AvgIpc) is 2.52. The Balaban J connectivity index is 2.24. The highest BCUT2D eigenvalue weighted by Crippen LogP contribution is 2.29. The van der Waals surface area contributed by atoms with Crippen LogP contribution < -0.4 is 19.9 Å². The molecule has 24 heavy (non-hydrogen) atoms. The van der Waals surface area contributed by atoms with Crippen LogP contribution >= 0.6 is 0 Å². The molecule has 0 aromatic heterocycles. The molecular formula is C14H19N4O4S2-. The monoisotopic (exact) mass is 371 g/mol. The van der Waals surface area contributed by atoms with Gasteiger partial charge in [0.1, 0.15) is 0 Å². The van der Waals surface area contributed by atoms with E-state index in [9.17, 15) is 17.2 Å². The Morgan fingerprint density at radius 1 is 1.08 bits per heavy atom. The quantitative estimate of drug-likeness (QED) is 0.344. The molecular weight excluding hydrogens is 352 g/mol. The van der Waals surface area contributed by atoms with Crippen molar-refractivity contribution in [3.63, 3.8) is 0 Å². The van der Waals surface area contributed by atoms with Gasteiger partial charge in [-0.15, -0.1) is 0 Å². The maximum Gasteiger partial charge on any atom is 0.241 e. The lowest BCUT2D eigenvalue weighted by molar-refractivity contribution is 0.504. The van der Waals surface area contributed by atoms with Gasteiger partial charge in [-0.2, -0.15) is 4.83 Å². The smallest absolute Gasteiger partial charge is 0.241 e. The SMILES string of the molecule is CN(C)c1cccc2c(S(=O)(=O)NCCNNS(=O)[O-])cccc12. The first-order valence-corrected chi connectivity index (χ1v) is 9.65. The van der Waals surface area contributed by atoms with Crippen LogP contribution in [0, 0.1) is 0 Å². The highest BCUT2D eigenvalue weighted by Gasteiger charge is 2.17. The minimum absolute atomic E-state index is 0.0380. The van der Waals surface area contributed by atoms with Crippen molar-refractivity contribution in [1.29, 1.82) is 0 Å². The normalized spacial score (nSPS) is 13.1. The van der Waals surface area contributed by atoms with Crippen molar-refractivity contribution in [2.24, 2.45) is 0 Å².